The van der Waals surface area contributed by atoms with E-state index in [1.165, 1.54) is 5.01 Å². The van der Waals surface area contributed by atoms with Crippen molar-refractivity contribution in [1.29, 1.82) is 0 Å². The Bertz CT molecular complexity index is 818. The zero-order valence-corrected chi connectivity index (χ0v) is 16.7. The Hall–Kier alpha value is -2.70. The van der Waals surface area contributed by atoms with E-state index < -0.39 is 5.97 Å². The third-order valence-electron chi connectivity index (χ3n) is 5.31. The summed E-state index contributed by atoms with van der Waals surface area (Å²) in [4.78, 5) is 38.9. The van der Waals surface area contributed by atoms with Gasteiger partial charge in [0, 0.05) is 25.4 Å². The van der Waals surface area contributed by atoms with Crippen LogP contribution in [0.1, 0.15) is 50.2 Å². The summed E-state index contributed by atoms with van der Waals surface area (Å²) in [5.41, 5.74) is 2.72. The van der Waals surface area contributed by atoms with Crippen molar-refractivity contribution in [3.05, 3.63) is 29.3 Å². The monoisotopic (exact) mass is 385 g/mol. The maximum Gasteiger partial charge on any atom is 0.355 e. The third kappa shape index (κ3) is 4.40. The number of likely N-dealkylation sites (tertiary alicyclic amines) is 1. The topological polar surface area (TPSA) is 79.3 Å². The molecule has 1 unspecified atom stereocenters. The van der Waals surface area contributed by atoms with Gasteiger partial charge >= 0.3 is 5.97 Å². The number of aryl methyl sites for hydroxylation is 2. The summed E-state index contributed by atoms with van der Waals surface area (Å²) in [5, 5.41) is 5.52. The highest BCUT2D eigenvalue weighted by Gasteiger charge is 2.29. The number of hydrazone groups is 1. The molecule has 0 aliphatic carbocycles. The number of benzene rings is 1. The fourth-order valence-corrected chi connectivity index (χ4v) is 3.60. The van der Waals surface area contributed by atoms with Crippen LogP contribution in [0, 0.1) is 13.8 Å². The number of carbonyl (C=O) groups is 3. The van der Waals surface area contributed by atoms with Crippen LogP contribution in [0.3, 0.4) is 0 Å². The second-order valence-corrected chi connectivity index (χ2v) is 7.55. The molecule has 1 aromatic rings. The number of esters is 1. The molecule has 0 radical (unpaired) electrons. The highest BCUT2D eigenvalue weighted by atomic mass is 16.5. The number of rotatable bonds is 4. The molecule has 0 spiro atoms. The van der Waals surface area contributed by atoms with E-state index in [-0.39, 0.29) is 43.0 Å². The van der Waals surface area contributed by atoms with Gasteiger partial charge in [0.15, 0.2) is 6.61 Å². The molecule has 150 valence electrons. The summed E-state index contributed by atoms with van der Waals surface area (Å²) in [6.07, 6.45) is 3.46. The van der Waals surface area contributed by atoms with Gasteiger partial charge in [0.25, 0.3) is 5.91 Å². The standard InChI is InChI=1S/C21H27N3O4/c1-14-7-8-15(2)18(12-14)24-19(25)10-9-17(22-24)21(27)28-13-20(26)23-11-5-4-6-16(23)3/h7-8,12,16H,4-6,9-11,13H2,1-3H3. The van der Waals surface area contributed by atoms with Crippen molar-refractivity contribution >= 4 is 29.2 Å². The predicted octanol–water partition coefficient (Wildman–Crippen LogP) is 2.73. The van der Waals surface area contributed by atoms with E-state index in [4.69, 9.17) is 4.74 Å². The Morgan fingerprint density at radius 3 is 2.75 bits per heavy atom. The molecule has 2 amide bonds. The van der Waals surface area contributed by atoms with Gasteiger partial charge in [-0.15, -0.1) is 0 Å². The van der Waals surface area contributed by atoms with Crippen molar-refractivity contribution in [1.82, 2.24) is 4.90 Å². The smallest absolute Gasteiger partial charge is 0.355 e. The van der Waals surface area contributed by atoms with Crippen LogP contribution in [0.25, 0.3) is 0 Å². The van der Waals surface area contributed by atoms with Crippen molar-refractivity contribution in [2.45, 2.75) is 58.9 Å². The summed E-state index contributed by atoms with van der Waals surface area (Å²) < 4.78 is 5.22. The molecule has 1 aromatic carbocycles. The van der Waals surface area contributed by atoms with Crippen LogP contribution in [0.4, 0.5) is 5.69 Å². The predicted molar refractivity (Wildman–Crippen MR) is 106 cm³/mol. The Labute approximate surface area is 165 Å². The molecule has 28 heavy (non-hydrogen) atoms. The number of hydrogen-bond donors (Lipinski definition) is 0. The fraction of sp³-hybridized carbons (Fsp3) is 0.524. The van der Waals surface area contributed by atoms with Crippen LogP contribution < -0.4 is 5.01 Å². The van der Waals surface area contributed by atoms with Crippen LogP contribution in [0.2, 0.25) is 0 Å². The van der Waals surface area contributed by atoms with Crippen molar-refractivity contribution in [3.8, 4) is 0 Å². The van der Waals surface area contributed by atoms with Crippen molar-refractivity contribution in [2.75, 3.05) is 18.2 Å². The molecule has 2 aliphatic heterocycles. The average Bonchev–Trinajstić information content (AvgIpc) is 2.68. The molecule has 7 nitrogen and oxygen atoms in total. The lowest BCUT2D eigenvalue weighted by molar-refractivity contribution is -0.148. The lowest BCUT2D eigenvalue weighted by Gasteiger charge is -2.33. The molecule has 3 rings (SSSR count). The molecule has 2 aliphatic rings. The highest BCUT2D eigenvalue weighted by molar-refractivity contribution is 6.38. The molecule has 2 heterocycles. The van der Waals surface area contributed by atoms with Crippen molar-refractivity contribution < 1.29 is 19.1 Å². The van der Waals surface area contributed by atoms with Gasteiger partial charge in [-0.1, -0.05) is 12.1 Å². The number of amides is 2. The van der Waals surface area contributed by atoms with Gasteiger partial charge in [-0.3, -0.25) is 9.59 Å². The normalized spacial score (nSPS) is 20.0. The number of hydrogen-bond acceptors (Lipinski definition) is 5. The Kier molecular flexibility index (Phi) is 6.11. The summed E-state index contributed by atoms with van der Waals surface area (Å²) in [5.74, 6) is -0.983. The van der Waals surface area contributed by atoms with E-state index in [9.17, 15) is 14.4 Å². The first-order valence-electron chi connectivity index (χ1n) is 9.81. The largest absolute Gasteiger partial charge is 0.451 e. The van der Waals surface area contributed by atoms with Gasteiger partial charge in [0.2, 0.25) is 5.91 Å². The molecule has 1 atom stereocenters. The minimum atomic E-state index is -0.638. The zero-order chi connectivity index (χ0) is 20.3. The maximum atomic E-state index is 12.4. The van der Waals surface area contributed by atoms with E-state index in [1.807, 2.05) is 39.0 Å². The van der Waals surface area contributed by atoms with Gasteiger partial charge in [-0.2, -0.15) is 10.1 Å². The summed E-state index contributed by atoms with van der Waals surface area (Å²) in [6.45, 7) is 6.25. The third-order valence-corrected chi connectivity index (χ3v) is 5.31. The van der Waals surface area contributed by atoms with Crippen molar-refractivity contribution in [3.63, 3.8) is 0 Å². The van der Waals surface area contributed by atoms with E-state index in [0.717, 1.165) is 30.4 Å². The van der Waals surface area contributed by atoms with Crippen LogP contribution in [0.5, 0.6) is 0 Å². The SMILES string of the molecule is Cc1ccc(C)c(N2N=C(C(=O)OCC(=O)N3CCCCC3C)CCC2=O)c1. The first kappa shape index (κ1) is 20.0. The number of carbonyl (C=O) groups excluding carboxylic acids is 3. The molecule has 1 saturated heterocycles. The molecule has 0 bridgehead atoms. The van der Waals surface area contributed by atoms with Gasteiger partial charge in [0.1, 0.15) is 5.71 Å². The molecule has 0 aromatic heterocycles. The molecule has 1 fully saturated rings. The van der Waals surface area contributed by atoms with Gasteiger partial charge in [-0.05, 0) is 57.2 Å². The summed E-state index contributed by atoms with van der Waals surface area (Å²) in [6, 6.07) is 5.91. The van der Waals surface area contributed by atoms with Crippen LogP contribution >= 0.6 is 0 Å². The minimum absolute atomic E-state index is 0.163. The number of ether oxygens (including phenoxy) is 1. The van der Waals surface area contributed by atoms with E-state index in [2.05, 4.69) is 5.10 Å². The molecule has 7 heteroatoms. The number of nitrogens with zero attached hydrogens (tertiary/aromatic N) is 3. The zero-order valence-electron chi connectivity index (χ0n) is 16.7. The van der Waals surface area contributed by atoms with E-state index >= 15 is 0 Å². The summed E-state index contributed by atoms with van der Waals surface area (Å²) in [7, 11) is 0. The Balaban J connectivity index is 1.68. The maximum absolute atomic E-state index is 12.4. The molecule has 0 saturated carbocycles. The van der Waals surface area contributed by atoms with Gasteiger partial charge < -0.3 is 9.64 Å². The first-order valence-corrected chi connectivity index (χ1v) is 9.81. The lowest BCUT2D eigenvalue weighted by Crippen LogP contribution is -2.44. The fourth-order valence-electron chi connectivity index (χ4n) is 3.60. The second-order valence-electron chi connectivity index (χ2n) is 7.55. The Morgan fingerprint density at radius 2 is 2.00 bits per heavy atom. The molecular weight excluding hydrogens is 358 g/mol. The first-order chi connectivity index (χ1) is 13.4. The molecule has 0 N–H and O–H groups in total. The van der Waals surface area contributed by atoms with Gasteiger partial charge in [0.05, 0.1) is 5.69 Å². The quantitative estimate of drug-likeness (QED) is 0.747. The van der Waals surface area contributed by atoms with Gasteiger partial charge in [-0.25, -0.2) is 4.79 Å². The summed E-state index contributed by atoms with van der Waals surface area (Å²) >= 11 is 0. The van der Waals surface area contributed by atoms with Crippen LogP contribution in [0.15, 0.2) is 23.3 Å². The Morgan fingerprint density at radius 1 is 1.21 bits per heavy atom. The van der Waals surface area contributed by atoms with Crippen LogP contribution in [-0.2, 0) is 19.1 Å². The minimum Gasteiger partial charge on any atom is -0.451 e. The lowest BCUT2D eigenvalue weighted by atomic mass is 10.0. The van der Waals surface area contributed by atoms with E-state index in [1.54, 1.807) is 4.90 Å². The number of anilines is 1. The number of piperidine rings is 1. The second kappa shape index (κ2) is 8.54. The highest BCUT2D eigenvalue weighted by Crippen LogP contribution is 2.25. The van der Waals surface area contributed by atoms with Crippen LogP contribution in [-0.4, -0.2) is 47.6 Å². The molecular formula is C21H27N3O4. The van der Waals surface area contributed by atoms with E-state index in [0.29, 0.717) is 12.2 Å². The average molecular weight is 385 g/mol. The van der Waals surface area contributed by atoms with Crippen molar-refractivity contribution in [2.24, 2.45) is 5.10 Å².